The van der Waals surface area contributed by atoms with Crippen LogP contribution < -0.4 is 27.8 Å². The van der Waals surface area contributed by atoms with Gasteiger partial charge >= 0.3 is 73.5 Å². The summed E-state index contributed by atoms with van der Waals surface area (Å²) in [6.45, 7) is 13.2. The van der Waals surface area contributed by atoms with Crippen molar-refractivity contribution in [1.82, 2.24) is 50.2 Å². The molecule has 9 aromatic heterocycles. The van der Waals surface area contributed by atoms with E-state index >= 15 is 0 Å². The Morgan fingerprint density at radius 3 is 0.985 bits per heavy atom. The highest BCUT2D eigenvalue weighted by Gasteiger charge is 2.43. The number of nitrogens with one attached hydrogen (secondary N) is 2. The Morgan fingerprint density at radius 2 is 0.657 bits per heavy atom. The number of anilines is 3. The molecule has 0 radical (unpaired) electrons. The van der Waals surface area contributed by atoms with Gasteiger partial charge in [0.2, 0.25) is 0 Å². The molecule has 0 saturated carbocycles. The minimum atomic E-state index is -5.11. The number of primary amides is 1. The number of aryl methyl sites for hydroxylation is 3. The SMILES string of the molecule is CC(=O)c1ccc(C(F)(F)F)nc1-c1ccccc1.CC(=O)c1ccc(C(F)(F)F)nc1C(F)(F)F.CCOC(=O)c1ccc(C(F)(F)F)nc1N.Cc1nc(C(F)(F)F)ccc1C(=O)NC(C)(C)C.Cc1nc(C(F)(F)F)ccc1C(=O)Nc1ccccc1.Cc1nc(C(F)(F)F)ccc1C(N)=O.Nc1nc(C(F)(F)F)ccc1C(=O)O.O=C(O)c1ccc(C(F)(F)F)nc1-c1ccccn1. The summed E-state index contributed by atoms with van der Waals surface area (Å²) in [6, 6.07) is 34.4. The number of ketones is 2. The number of carbonyl (C=O) groups excluding carboxylic acids is 6. The zero-order valence-corrected chi connectivity index (χ0v) is 71.1. The molecule has 0 bridgehead atoms. The normalized spacial score (nSPS) is 11.6. The summed E-state index contributed by atoms with van der Waals surface area (Å²) in [4.78, 5) is 119. The quantitative estimate of drug-likeness (QED) is 0.0339. The van der Waals surface area contributed by atoms with E-state index in [-0.39, 0.29) is 79.9 Å². The first-order valence-corrected chi connectivity index (χ1v) is 37.5. The van der Waals surface area contributed by atoms with Gasteiger partial charge in [0.05, 0.1) is 57.3 Å². The molecule has 11 aromatic rings. The number of pyridine rings is 9. The summed E-state index contributed by atoms with van der Waals surface area (Å²) < 4.78 is 338. The van der Waals surface area contributed by atoms with Gasteiger partial charge in [-0.15, -0.1) is 0 Å². The first kappa shape index (κ1) is 114. The number of benzene rings is 2. The summed E-state index contributed by atoms with van der Waals surface area (Å²) >= 11 is 0. The van der Waals surface area contributed by atoms with Crippen molar-refractivity contribution in [3.63, 3.8) is 0 Å². The van der Waals surface area contributed by atoms with Crippen LogP contribution in [-0.4, -0.2) is 114 Å². The van der Waals surface area contributed by atoms with Crippen LogP contribution in [0.5, 0.6) is 0 Å². The van der Waals surface area contributed by atoms with Crippen molar-refractivity contribution in [3.8, 4) is 22.6 Å². The minimum absolute atomic E-state index is 0.00185. The standard InChI is InChI=1S/C14H11F3N2O.C14H10F3NO.C12H7F3N2O2.C12H15F3N2O.C9H5F6NO.C9H9F3N2O2.C8H7F3N2O.C7H5F3N2O2/c1-9-11(7-8-12(18-9)14(15,16)17)13(20)19-10-5-3-2-4-6-10;1-9(19)11-7-8-12(14(15,16)17)18-13(11)10-5-3-2-4-6-10;13-12(14,15)9-5-4-7(11(18)19)10(17-9)8-3-1-2-6-16-8;1-7-8(10(18)17-11(2,3)4)5-6-9(16-7)12(13,14)15;1-4(17)5-2-3-6(8(10,11)12)16-7(5)9(13,14)15;1-2-16-8(15)5-3-4-6(9(10,11)12)14-7(5)13;1-4-5(7(12)14)2-3-6(13-4)8(9,10)11;8-7(9,10)4-2-1-3(6(13)14)5(11)12-4/h2-8H,1H3,(H,19,20);2-8H,1H3;1-6H,(H,18,19);5-6H,1-4H3,(H,17,18);2-3H,1H3;3-4H,2H2,1H3,(H2,13,14);2-3H,1H3,(H2,12,14);1-2H,(H2,11,12)(H,13,14). The lowest BCUT2D eigenvalue weighted by molar-refractivity contribution is -0.150. The number of carboxylic acid groups (broad SMARTS) is 2. The second-order valence-electron chi connectivity index (χ2n) is 27.9. The average molecular weight is 1980 g/mol. The molecule has 0 aliphatic carbocycles. The van der Waals surface area contributed by atoms with Gasteiger partial charge in [0.15, 0.2) is 17.3 Å². The topological polar surface area (TPSA) is 404 Å². The van der Waals surface area contributed by atoms with Crippen molar-refractivity contribution in [2.45, 2.75) is 123 Å². The number of carbonyl (C=O) groups is 8. The van der Waals surface area contributed by atoms with Crippen molar-refractivity contribution < 1.29 is 172 Å². The summed E-state index contributed by atoms with van der Waals surface area (Å²) in [5, 5.41) is 22.7. The number of para-hydroxylation sites is 1. The molecule has 10 N–H and O–H groups in total. The highest BCUT2D eigenvalue weighted by Crippen LogP contribution is 2.39. The van der Waals surface area contributed by atoms with Crippen LogP contribution in [-0.2, 0) is 60.3 Å². The Labute approximate surface area is 754 Å². The molecule has 0 aliphatic rings. The lowest BCUT2D eigenvalue weighted by Crippen LogP contribution is -2.41. The van der Waals surface area contributed by atoms with Crippen LogP contribution in [0.15, 0.2) is 182 Å². The number of alkyl halides is 27. The second-order valence-corrected chi connectivity index (χ2v) is 27.9. The van der Waals surface area contributed by atoms with Crippen molar-refractivity contribution in [2.75, 3.05) is 23.4 Å². The Bertz CT molecular complexity index is 5910. The number of carboxylic acids is 2. The molecule has 52 heteroatoms. The Kier molecular flexibility index (Phi) is 38.7. The van der Waals surface area contributed by atoms with Crippen molar-refractivity contribution in [3.05, 3.63) is 295 Å². The van der Waals surface area contributed by atoms with E-state index in [1.54, 1.807) is 94.4 Å². The number of ether oxygens (including phenoxy) is 1. The lowest BCUT2D eigenvalue weighted by Gasteiger charge is -2.21. The number of nitrogens with two attached hydrogens (primary N) is 3. The molecule has 25 nitrogen and oxygen atoms in total. The van der Waals surface area contributed by atoms with E-state index in [9.17, 15) is 157 Å². The number of Topliss-reactive ketones (excluding diaryl/α,β-unsaturated/α-hetero) is 2. The number of halogens is 27. The number of hydrogen-bond donors (Lipinski definition) is 7. The summed E-state index contributed by atoms with van der Waals surface area (Å²) in [7, 11) is 0. The highest BCUT2D eigenvalue weighted by molar-refractivity contribution is 6.05. The molecule has 3 amide bonds. The van der Waals surface area contributed by atoms with Gasteiger partial charge in [-0.3, -0.25) is 29.0 Å². The van der Waals surface area contributed by atoms with Crippen LogP contribution in [0.2, 0.25) is 0 Å². The van der Waals surface area contributed by atoms with Crippen molar-refractivity contribution in [2.24, 2.45) is 5.73 Å². The maximum Gasteiger partial charge on any atom is 0.434 e. The smallest absolute Gasteiger partial charge is 0.434 e. The predicted molar refractivity (Wildman–Crippen MR) is 431 cm³/mol. The number of nitrogens with zero attached hydrogens (tertiary/aromatic N) is 9. The summed E-state index contributed by atoms with van der Waals surface area (Å²) in [5.74, 6) is -7.73. The molecule has 734 valence electrons. The molecule has 0 aliphatic heterocycles. The summed E-state index contributed by atoms with van der Waals surface area (Å²) in [5.41, 5.74) is 3.26. The number of amides is 3. The zero-order valence-electron chi connectivity index (χ0n) is 71.1. The molecule has 11 rings (SSSR count). The number of esters is 1. The second kappa shape index (κ2) is 46.5. The number of aromatic carboxylic acids is 2. The van der Waals surface area contributed by atoms with Crippen LogP contribution in [0.3, 0.4) is 0 Å². The first-order chi connectivity index (χ1) is 62.7. The molecular weight excluding hydrogens is 1910 g/mol. The fourth-order valence-electron chi connectivity index (χ4n) is 10.2. The van der Waals surface area contributed by atoms with Gasteiger partial charge in [0.1, 0.15) is 74.0 Å². The van der Waals surface area contributed by atoms with Gasteiger partial charge in [-0.1, -0.05) is 54.6 Å². The van der Waals surface area contributed by atoms with E-state index in [1.165, 1.54) is 52.1 Å². The van der Waals surface area contributed by atoms with Gasteiger partial charge in [0, 0.05) is 34.1 Å². The third kappa shape index (κ3) is 35.5. The number of aromatic nitrogens is 9. The maximum atomic E-state index is 12.7. The average Bonchev–Trinajstić information content (AvgIpc) is 0.784. The van der Waals surface area contributed by atoms with Crippen LogP contribution in [0.25, 0.3) is 22.6 Å². The summed E-state index contributed by atoms with van der Waals surface area (Å²) in [6.07, 6.45) is -40.6. The maximum absolute atomic E-state index is 12.7. The first-order valence-electron chi connectivity index (χ1n) is 37.5. The van der Waals surface area contributed by atoms with Crippen LogP contribution >= 0.6 is 0 Å². The van der Waals surface area contributed by atoms with E-state index in [4.69, 9.17) is 27.4 Å². The fraction of sp³-hybridized carbons (Fsp3) is 0.235. The van der Waals surface area contributed by atoms with Gasteiger partial charge in [-0.2, -0.15) is 119 Å². The van der Waals surface area contributed by atoms with Crippen molar-refractivity contribution >= 4 is 64.5 Å². The number of rotatable bonds is 12. The Hall–Kier alpha value is -15.3. The number of nitrogen functional groups attached to an aromatic ring is 2. The van der Waals surface area contributed by atoms with E-state index in [2.05, 4.69) is 60.2 Å². The van der Waals surface area contributed by atoms with Gasteiger partial charge in [0.25, 0.3) is 17.7 Å². The third-order valence-corrected chi connectivity index (χ3v) is 16.3. The molecular formula is C85H69F27N14O11. The monoisotopic (exact) mass is 1970 g/mol. The molecule has 0 saturated heterocycles. The molecule has 0 spiro atoms. The third-order valence-electron chi connectivity index (χ3n) is 16.3. The largest absolute Gasteiger partial charge is 0.478 e. The van der Waals surface area contributed by atoms with E-state index in [0.717, 1.165) is 67.6 Å². The van der Waals surface area contributed by atoms with E-state index in [0.29, 0.717) is 41.6 Å². The van der Waals surface area contributed by atoms with Gasteiger partial charge < -0.3 is 42.8 Å². The molecule has 2 aromatic carbocycles. The Morgan fingerprint density at radius 1 is 0.343 bits per heavy atom. The van der Waals surface area contributed by atoms with Gasteiger partial charge in [-0.05, 0) is 184 Å². The van der Waals surface area contributed by atoms with Crippen LogP contribution in [0.4, 0.5) is 136 Å². The van der Waals surface area contributed by atoms with Crippen molar-refractivity contribution in [1.29, 1.82) is 0 Å². The number of hydrogen-bond acceptors (Lipinski definition) is 20. The lowest BCUT2D eigenvalue weighted by atomic mass is 10.0. The van der Waals surface area contributed by atoms with E-state index < -0.39 is 177 Å². The highest BCUT2D eigenvalue weighted by atomic mass is 19.4. The van der Waals surface area contributed by atoms with Crippen LogP contribution in [0.1, 0.15) is 193 Å². The zero-order chi connectivity index (χ0) is 105. The molecule has 0 unspecified atom stereocenters. The molecule has 0 fully saturated rings. The molecule has 137 heavy (non-hydrogen) atoms. The van der Waals surface area contributed by atoms with Crippen LogP contribution in [0, 0.1) is 20.8 Å². The molecule has 0 atom stereocenters. The fourth-order valence-corrected chi connectivity index (χ4v) is 10.2. The minimum Gasteiger partial charge on any atom is -0.478 e. The van der Waals surface area contributed by atoms with E-state index in [1.807, 2.05) is 0 Å². The van der Waals surface area contributed by atoms with Gasteiger partial charge in [-0.25, -0.2) is 54.3 Å². The Balaban J connectivity index is 0.000000328. The molecule has 9 heterocycles. The predicted octanol–water partition coefficient (Wildman–Crippen LogP) is 21.5.